The fraction of sp³-hybridized carbons (Fsp3) is 0.0645. The molecule has 37 heavy (non-hydrogen) atoms. The minimum Gasteiger partial charge on any atom is -0.508 e. The first-order valence-corrected chi connectivity index (χ1v) is 13.3. The molecule has 0 saturated heterocycles. The van der Waals surface area contributed by atoms with Crippen LogP contribution in [-0.2, 0) is 14.8 Å². The molecular weight excluding hydrogens is 482 g/mol. The van der Waals surface area contributed by atoms with Gasteiger partial charge in [-0.1, -0.05) is 91.9 Å². The topological polar surface area (TPSA) is 83.5 Å². The van der Waals surface area contributed by atoms with Crippen LogP contribution in [0.15, 0.2) is 120 Å². The molecule has 4 aromatic carbocycles. The highest BCUT2D eigenvalue weighted by molar-refractivity contribution is 7.90. The summed E-state index contributed by atoms with van der Waals surface area (Å²) in [6.45, 7) is 2.15. The summed E-state index contributed by atoms with van der Waals surface area (Å²) in [5.41, 5.74) is 6.45. The van der Waals surface area contributed by atoms with E-state index < -0.39 is 15.9 Å². The van der Waals surface area contributed by atoms with Crippen molar-refractivity contribution in [3.8, 4) is 5.75 Å². The van der Waals surface area contributed by atoms with Crippen LogP contribution in [0, 0.1) is 0 Å². The van der Waals surface area contributed by atoms with Crippen molar-refractivity contribution in [3.63, 3.8) is 0 Å². The normalized spacial score (nSPS) is 12.2. The van der Waals surface area contributed by atoms with Crippen molar-refractivity contribution >= 4 is 33.2 Å². The zero-order valence-electron chi connectivity index (χ0n) is 20.3. The summed E-state index contributed by atoms with van der Waals surface area (Å²) in [6.07, 6.45) is 3.60. The molecule has 6 heteroatoms. The minimum absolute atomic E-state index is 0.0614. The van der Waals surface area contributed by atoms with Crippen molar-refractivity contribution in [1.82, 2.24) is 4.72 Å². The third-order valence-corrected chi connectivity index (χ3v) is 7.21. The zero-order valence-corrected chi connectivity index (χ0v) is 21.2. The molecule has 0 unspecified atom stereocenters. The maximum absolute atomic E-state index is 12.4. The van der Waals surface area contributed by atoms with Crippen molar-refractivity contribution in [2.45, 2.75) is 18.2 Å². The van der Waals surface area contributed by atoms with E-state index in [9.17, 15) is 18.3 Å². The Hall–Kier alpha value is -4.42. The summed E-state index contributed by atoms with van der Waals surface area (Å²) in [7, 11) is -4.04. The second kappa shape index (κ2) is 11.5. The zero-order chi connectivity index (χ0) is 26.3. The van der Waals surface area contributed by atoms with Gasteiger partial charge in [0.1, 0.15) is 5.75 Å². The minimum atomic E-state index is -4.04. The highest BCUT2D eigenvalue weighted by Gasteiger charge is 2.16. The number of hydrogen-bond donors (Lipinski definition) is 2. The molecule has 5 nitrogen and oxygen atoms in total. The second-order valence-corrected chi connectivity index (χ2v) is 10.0. The molecule has 0 aromatic heterocycles. The average molecular weight is 510 g/mol. The largest absolute Gasteiger partial charge is 0.508 e. The summed E-state index contributed by atoms with van der Waals surface area (Å²) in [5, 5.41) is 9.34. The van der Waals surface area contributed by atoms with E-state index in [0.717, 1.165) is 28.7 Å². The monoisotopic (exact) mass is 509 g/mol. The number of sulfonamides is 1. The molecule has 1 amide bonds. The van der Waals surface area contributed by atoms with Crippen molar-refractivity contribution in [3.05, 3.63) is 138 Å². The van der Waals surface area contributed by atoms with E-state index in [0.29, 0.717) is 0 Å². The van der Waals surface area contributed by atoms with Gasteiger partial charge in [-0.3, -0.25) is 4.79 Å². The first kappa shape index (κ1) is 25.7. The molecule has 0 aliphatic heterocycles. The van der Waals surface area contributed by atoms with Gasteiger partial charge in [-0.2, -0.15) is 0 Å². The Bertz CT molecular complexity index is 1520. The second-order valence-electron chi connectivity index (χ2n) is 8.36. The fourth-order valence-corrected chi connectivity index (χ4v) is 5.01. The van der Waals surface area contributed by atoms with E-state index in [2.05, 4.69) is 31.2 Å². The molecule has 0 aliphatic rings. The maximum atomic E-state index is 12.4. The predicted octanol–water partition coefficient (Wildman–Crippen LogP) is 6.28. The summed E-state index contributed by atoms with van der Waals surface area (Å²) >= 11 is 0. The van der Waals surface area contributed by atoms with Crippen molar-refractivity contribution in [2.75, 3.05) is 0 Å². The lowest BCUT2D eigenvalue weighted by Gasteiger charge is -2.16. The molecule has 0 fully saturated rings. The molecule has 186 valence electrons. The lowest BCUT2D eigenvalue weighted by molar-refractivity contribution is -0.114. The van der Waals surface area contributed by atoms with Crippen molar-refractivity contribution in [2.24, 2.45) is 0 Å². The molecule has 2 N–H and O–H groups in total. The van der Waals surface area contributed by atoms with Gasteiger partial charge in [0.05, 0.1) is 4.90 Å². The number of nitrogens with one attached hydrogen (secondary N) is 1. The first-order chi connectivity index (χ1) is 17.9. The summed E-state index contributed by atoms with van der Waals surface area (Å²) < 4.78 is 26.8. The highest BCUT2D eigenvalue weighted by atomic mass is 32.2. The number of rotatable bonds is 8. The Morgan fingerprint density at radius 3 is 1.86 bits per heavy atom. The number of allylic oxidation sites excluding steroid dienone is 1. The molecule has 0 atom stereocenters. The Morgan fingerprint density at radius 2 is 1.30 bits per heavy atom. The van der Waals surface area contributed by atoms with Gasteiger partial charge in [0, 0.05) is 6.08 Å². The molecule has 0 radical (unpaired) electrons. The molecule has 4 aromatic rings. The molecule has 0 heterocycles. The maximum Gasteiger partial charge on any atom is 0.264 e. The van der Waals surface area contributed by atoms with E-state index in [1.807, 2.05) is 65.4 Å². The third kappa shape index (κ3) is 6.42. The van der Waals surface area contributed by atoms with Crippen LogP contribution in [0.4, 0.5) is 0 Å². The lowest BCUT2D eigenvalue weighted by Crippen LogP contribution is -2.28. The van der Waals surface area contributed by atoms with Crippen LogP contribution in [0.2, 0.25) is 0 Å². The van der Waals surface area contributed by atoms with Crippen molar-refractivity contribution < 1.29 is 18.3 Å². The van der Waals surface area contributed by atoms with E-state index >= 15 is 0 Å². The van der Waals surface area contributed by atoms with Crippen LogP contribution in [0.5, 0.6) is 5.75 Å². The Morgan fingerprint density at radius 1 is 0.757 bits per heavy atom. The molecule has 0 aliphatic carbocycles. The Balaban J connectivity index is 1.59. The van der Waals surface area contributed by atoms with Gasteiger partial charge in [-0.05, 0) is 70.2 Å². The van der Waals surface area contributed by atoms with Gasteiger partial charge >= 0.3 is 0 Å². The number of aromatic hydroxyl groups is 1. The van der Waals surface area contributed by atoms with Crippen LogP contribution in [0.1, 0.15) is 35.6 Å². The Kier molecular flexibility index (Phi) is 8.01. The number of phenols is 1. The number of carbonyl (C=O) groups is 1. The first-order valence-electron chi connectivity index (χ1n) is 11.9. The van der Waals surface area contributed by atoms with E-state index in [-0.39, 0.29) is 10.6 Å². The number of amides is 1. The SMILES string of the molecule is CC/C(=C(\c1ccccc1)c1ccc(/C=C/C(=O)NS(=O)(=O)c2ccc(O)cc2)cc1)c1ccccc1. The van der Waals surface area contributed by atoms with Crippen LogP contribution in [-0.4, -0.2) is 19.4 Å². The van der Waals surface area contributed by atoms with Gasteiger partial charge in [0.15, 0.2) is 0 Å². The summed E-state index contributed by atoms with van der Waals surface area (Å²) in [6, 6.07) is 33.3. The van der Waals surface area contributed by atoms with Gasteiger partial charge in [0.25, 0.3) is 15.9 Å². The Labute approximate surface area is 217 Å². The van der Waals surface area contributed by atoms with Crippen LogP contribution < -0.4 is 4.72 Å². The lowest BCUT2D eigenvalue weighted by atomic mass is 9.88. The van der Waals surface area contributed by atoms with Crippen LogP contribution >= 0.6 is 0 Å². The van der Waals surface area contributed by atoms with Gasteiger partial charge < -0.3 is 5.11 Å². The van der Waals surface area contributed by atoms with Gasteiger partial charge in [-0.25, -0.2) is 13.1 Å². The van der Waals surface area contributed by atoms with Gasteiger partial charge in [-0.15, -0.1) is 0 Å². The number of benzene rings is 4. The predicted molar refractivity (Wildman–Crippen MR) is 148 cm³/mol. The summed E-state index contributed by atoms with van der Waals surface area (Å²) in [4.78, 5) is 12.2. The van der Waals surface area contributed by atoms with Crippen LogP contribution in [0.25, 0.3) is 17.2 Å². The molecule has 0 bridgehead atoms. The highest BCUT2D eigenvalue weighted by Crippen LogP contribution is 2.34. The van der Waals surface area contributed by atoms with E-state index in [4.69, 9.17) is 0 Å². The van der Waals surface area contributed by atoms with Gasteiger partial charge in [0.2, 0.25) is 0 Å². The molecule has 4 rings (SSSR count). The summed E-state index contributed by atoms with van der Waals surface area (Å²) in [5.74, 6) is -0.826. The van der Waals surface area contributed by atoms with Crippen molar-refractivity contribution in [1.29, 1.82) is 0 Å². The quantitative estimate of drug-likeness (QED) is 0.216. The molecule has 0 spiro atoms. The number of phenolic OH excluding ortho intramolecular Hbond substituents is 1. The van der Waals surface area contributed by atoms with Crippen LogP contribution in [0.3, 0.4) is 0 Å². The third-order valence-electron chi connectivity index (χ3n) is 5.85. The number of hydrogen-bond acceptors (Lipinski definition) is 4. The van der Waals surface area contributed by atoms with E-state index in [1.165, 1.54) is 41.5 Å². The molecule has 0 saturated carbocycles. The molecular formula is C31H27NO4S. The smallest absolute Gasteiger partial charge is 0.264 e. The fourth-order valence-electron chi connectivity index (χ4n) is 4.07. The van der Waals surface area contributed by atoms with E-state index in [1.54, 1.807) is 6.08 Å². The number of carbonyl (C=O) groups excluding carboxylic acids is 1. The average Bonchev–Trinajstić information content (AvgIpc) is 2.92. The standard InChI is InChI=1S/C31H27NO4S/c1-2-29(24-9-5-3-6-10-24)31(25-11-7-4-8-12-25)26-16-13-23(14-17-26)15-22-30(34)32-37(35,36)28-20-18-27(33)19-21-28/h3-22,33H,2H2,1H3,(H,32,34)/b22-15+,31-29-.